The van der Waals surface area contributed by atoms with Crippen molar-refractivity contribution in [2.75, 3.05) is 0 Å². The highest BCUT2D eigenvalue weighted by atomic mass is 35.5. The Morgan fingerprint density at radius 2 is 1.12 bits per heavy atom. The van der Waals surface area contributed by atoms with E-state index in [4.69, 9.17) is 105 Å². The molecule has 0 aromatic heterocycles. The second-order valence-electron chi connectivity index (χ2n) is 2.69. The van der Waals surface area contributed by atoms with Crippen LogP contribution >= 0.6 is 105 Å². The lowest BCUT2D eigenvalue weighted by atomic mass is 10.1. The Hall–Kier alpha value is 2.05. The normalized spacial score (nSPS) is 30.4. The Morgan fingerprint density at radius 1 is 0.750 bits per heavy atom. The van der Waals surface area contributed by atoms with Crippen molar-refractivity contribution in [1.29, 1.82) is 0 Å². The monoisotopic (exact) mass is 401 g/mol. The largest absolute Gasteiger partial charge is 0.200 e. The van der Waals surface area contributed by atoms with Gasteiger partial charge in [-0.25, -0.2) is 0 Å². The van der Waals surface area contributed by atoms with E-state index in [1.54, 1.807) is 0 Å². The summed E-state index contributed by atoms with van der Waals surface area (Å²) in [6, 6.07) is 0. The number of hydrogen-bond donors (Lipinski definition) is 0. The van der Waals surface area contributed by atoms with Gasteiger partial charge in [0.1, 0.15) is 0 Å². The van der Waals surface area contributed by atoms with Gasteiger partial charge in [0.15, 0.2) is 4.33 Å². The van der Waals surface area contributed by atoms with E-state index in [9.17, 15) is 0 Å². The number of allylic oxidation sites excluding steroid dienone is 2. The Bertz CT molecular complexity index is 383. The van der Waals surface area contributed by atoms with Gasteiger partial charge in [0.2, 0.25) is 5.00 Å². The number of alkyl halides is 3. The van der Waals surface area contributed by atoms with E-state index in [1.165, 1.54) is 0 Å². The van der Waals surface area contributed by atoms with Gasteiger partial charge in [-0.2, -0.15) is 0 Å². The SMILES string of the molecule is ClC1=C(Cl)C(Cl)(Cl)C(Cl)(N(Cl)Cl)C(Cl)=C1Cl. The molecular weight excluding hydrogens is 405 g/mol. The van der Waals surface area contributed by atoms with Gasteiger partial charge in [-0.3, -0.25) is 0 Å². The predicted molar refractivity (Wildman–Crippen MR) is 74.0 cm³/mol. The number of rotatable bonds is 1. The molecule has 1 rings (SSSR count). The molecule has 0 aromatic carbocycles. The summed E-state index contributed by atoms with van der Waals surface area (Å²) in [7, 11) is 0. The van der Waals surface area contributed by atoms with Gasteiger partial charge in [-0.15, -0.1) is 3.94 Å². The maximum Gasteiger partial charge on any atom is 0.200 e. The Balaban J connectivity index is 3.56. The number of nitrogens with zero attached hydrogens (tertiary/aromatic N) is 1. The van der Waals surface area contributed by atoms with Crippen molar-refractivity contribution in [3.05, 3.63) is 20.1 Å². The van der Waals surface area contributed by atoms with Crippen molar-refractivity contribution in [2.24, 2.45) is 0 Å². The lowest BCUT2D eigenvalue weighted by Gasteiger charge is -2.41. The van der Waals surface area contributed by atoms with Gasteiger partial charge in [0.05, 0.1) is 20.1 Å². The van der Waals surface area contributed by atoms with Crippen molar-refractivity contribution in [3.63, 3.8) is 0 Å². The van der Waals surface area contributed by atoms with Gasteiger partial charge in [-0.05, 0) is 23.6 Å². The second-order valence-corrected chi connectivity index (χ2v) is 6.92. The molecule has 0 spiro atoms. The summed E-state index contributed by atoms with van der Waals surface area (Å²) in [6.07, 6.45) is 0. The third-order valence-electron chi connectivity index (χ3n) is 1.79. The highest BCUT2D eigenvalue weighted by Crippen LogP contribution is 2.60. The number of halogens is 9. The Kier molecular flexibility index (Phi) is 5.24. The van der Waals surface area contributed by atoms with Crippen LogP contribution in [0.1, 0.15) is 0 Å². The molecule has 0 saturated heterocycles. The van der Waals surface area contributed by atoms with Crippen LogP contribution in [0.25, 0.3) is 0 Å². The van der Waals surface area contributed by atoms with E-state index in [0.29, 0.717) is 3.94 Å². The van der Waals surface area contributed by atoms with Crippen molar-refractivity contribution < 1.29 is 0 Å². The van der Waals surface area contributed by atoms with E-state index < -0.39 is 9.33 Å². The summed E-state index contributed by atoms with van der Waals surface area (Å²) >= 11 is 52.3. The Morgan fingerprint density at radius 3 is 1.50 bits per heavy atom. The summed E-state index contributed by atoms with van der Waals surface area (Å²) in [4.78, 5) is -1.94. The van der Waals surface area contributed by atoms with Crippen LogP contribution in [0.2, 0.25) is 0 Å². The van der Waals surface area contributed by atoms with E-state index >= 15 is 0 Å². The minimum absolute atomic E-state index is 0.121. The third kappa shape index (κ3) is 2.16. The van der Waals surface area contributed by atoms with Crippen LogP contribution in [0.4, 0.5) is 0 Å². The molecule has 0 saturated carbocycles. The molecule has 0 aliphatic heterocycles. The average molecular weight is 405 g/mol. The Labute approximate surface area is 137 Å². The van der Waals surface area contributed by atoms with E-state index in [0.717, 1.165) is 0 Å². The van der Waals surface area contributed by atoms with Crippen molar-refractivity contribution >= 4 is 105 Å². The maximum absolute atomic E-state index is 6.05. The lowest BCUT2D eigenvalue weighted by molar-refractivity contribution is 0.479. The fourth-order valence-corrected chi connectivity index (χ4v) is 3.76. The van der Waals surface area contributed by atoms with E-state index in [2.05, 4.69) is 0 Å². The van der Waals surface area contributed by atoms with Crippen LogP contribution in [-0.4, -0.2) is 13.3 Å². The first-order valence-corrected chi connectivity index (χ1v) is 6.71. The molecule has 0 radical (unpaired) electrons. The standard InChI is InChI=1S/C6Cl9N/c7-1-2(8)4(10)6(13,16(14)15)5(11,12)3(1)9. The molecule has 1 unspecified atom stereocenters. The summed E-state index contributed by atoms with van der Waals surface area (Å²) in [6.45, 7) is 0. The topological polar surface area (TPSA) is 3.24 Å². The fourth-order valence-electron chi connectivity index (χ4n) is 0.940. The van der Waals surface area contributed by atoms with Crippen LogP contribution in [0.3, 0.4) is 0 Å². The molecule has 0 aromatic rings. The van der Waals surface area contributed by atoms with Crippen LogP contribution < -0.4 is 0 Å². The van der Waals surface area contributed by atoms with Gasteiger partial charge >= 0.3 is 0 Å². The molecule has 16 heavy (non-hydrogen) atoms. The molecule has 0 amide bonds. The molecule has 0 heterocycles. The highest BCUT2D eigenvalue weighted by molar-refractivity contribution is 6.66. The fraction of sp³-hybridized carbons (Fsp3) is 0.333. The second kappa shape index (κ2) is 5.20. The molecule has 1 nitrogen and oxygen atoms in total. The molecule has 0 fully saturated rings. The zero-order valence-corrected chi connectivity index (χ0v) is 13.7. The molecule has 10 heteroatoms. The lowest BCUT2D eigenvalue weighted by Crippen LogP contribution is -2.51. The average Bonchev–Trinajstić information content (AvgIpc) is 2.21. The van der Waals surface area contributed by atoms with Crippen LogP contribution in [0.15, 0.2) is 20.1 Å². The van der Waals surface area contributed by atoms with Crippen molar-refractivity contribution in [2.45, 2.75) is 9.33 Å². The summed E-state index contributed by atoms with van der Waals surface area (Å²) in [5, 5.41) is -0.718. The van der Waals surface area contributed by atoms with Gasteiger partial charge in [0.25, 0.3) is 0 Å². The molecule has 0 bridgehead atoms. The first kappa shape index (κ1) is 16.1. The molecule has 92 valence electrons. The van der Waals surface area contributed by atoms with E-state index in [-0.39, 0.29) is 20.1 Å². The molecule has 0 N–H and O–H groups in total. The summed E-state index contributed by atoms with van der Waals surface area (Å²) in [5.74, 6) is 0. The molecular formula is C6Cl9N. The van der Waals surface area contributed by atoms with Crippen molar-refractivity contribution in [3.8, 4) is 0 Å². The highest BCUT2D eigenvalue weighted by Gasteiger charge is 2.61. The van der Waals surface area contributed by atoms with Gasteiger partial charge in [0, 0.05) is 0 Å². The first-order chi connectivity index (χ1) is 7.08. The quantitative estimate of drug-likeness (QED) is 0.290. The molecule has 1 atom stereocenters. The van der Waals surface area contributed by atoms with Crippen LogP contribution in [0.5, 0.6) is 0 Å². The first-order valence-electron chi connectivity index (χ1n) is 3.38. The summed E-state index contributed by atoms with van der Waals surface area (Å²) < 4.78 is -1.50. The number of hydrogen-bond acceptors (Lipinski definition) is 1. The van der Waals surface area contributed by atoms with Gasteiger partial charge in [-0.1, -0.05) is 81.2 Å². The van der Waals surface area contributed by atoms with Crippen LogP contribution in [0, 0.1) is 0 Å². The third-order valence-corrected chi connectivity index (χ3v) is 6.50. The zero-order chi connectivity index (χ0) is 12.9. The predicted octanol–water partition coefficient (Wildman–Crippen LogP) is 6.10. The van der Waals surface area contributed by atoms with Crippen LogP contribution in [-0.2, 0) is 0 Å². The maximum atomic E-state index is 6.05. The smallest absolute Gasteiger partial charge is 0.101 e. The minimum atomic E-state index is -1.95. The van der Waals surface area contributed by atoms with Gasteiger partial charge < -0.3 is 0 Å². The van der Waals surface area contributed by atoms with E-state index in [1.807, 2.05) is 0 Å². The van der Waals surface area contributed by atoms with Crippen molar-refractivity contribution in [1.82, 2.24) is 3.94 Å². The molecule has 1 aliphatic rings. The zero-order valence-electron chi connectivity index (χ0n) is 6.85. The summed E-state index contributed by atoms with van der Waals surface area (Å²) in [5.41, 5.74) is 0. The minimum Gasteiger partial charge on any atom is -0.101 e. The molecule has 1 aliphatic carbocycles.